The van der Waals surface area contributed by atoms with Gasteiger partial charge in [-0.3, -0.25) is 4.90 Å². The lowest BCUT2D eigenvalue weighted by Crippen LogP contribution is -2.53. The molecule has 1 unspecified atom stereocenters. The van der Waals surface area contributed by atoms with Gasteiger partial charge in [0.15, 0.2) is 0 Å². The van der Waals surface area contributed by atoms with Crippen LogP contribution in [0.25, 0.3) is 0 Å². The molecular weight excluding hydrogens is 224 g/mol. The van der Waals surface area contributed by atoms with Crippen LogP contribution in [-0.4, -0.2) is 55.4 Å². The van der Waals surface area contributed by atoms with Gasteiger partial charge in [-0.2, -0.15) is 0 Å². The second-order valence-electron chi connectivity index (χ2n) is 6.73. The third kappa shape index (κ3) is 3.12. The van der Waals surface area contributed by atoms with Crippen molar-refractivity contribution in [3.8, 4) is 0 Å². The summed E-state index contributed by atoms with van der Waals surface area (Å²) in [5, 5.41) is 0. The van der Waals surface area contributed by atoms with Crippen LogP contribution >= 0.6 is 0 Å². The van der Waals surface area contributed by atoms with E-state index in [9.17, 15) is 4.79 Å². The first-order valence-corrected chi connectivity index (χ1v) is 7.43. The molecule has 1 saturated heterocycles. The molecule has 2 rings (SSSR count). The molecule has 0 aromatic heterocycles. The lowest BCUT2D eigenvalue weighted by Gasteiger charge is -2.43. The SMILES string of the molecule is CC1CCC(C=O)(CN2CCN(C)C(C)C2)CC1. The minimum atomic E-state index is -0.0395. The fourth-order valence-corrected chi connectivity index (χ4v) is 3.36. The van der Waals surface area contributed by atoms with Crippen molar-refractivity contribution in [3.63, 3.8) is 0 Å². The van der Waals surface area contributed by atoms with Gasteiger partial charge in [0.2, 0.25) is 0 Å². The van der Waals surface area contributed by atoms with E-state index in [1.165, 1.54) is 19.1 Å². The molecule has 0 spiro atoms. The van der Waals surface area contributed by atoms with Gasteiger partial charge in [0.25, 0.3) is 0 Å². The van der Waals surface area contributed by atoms with Gasteiger partial charge < -0.3 is 9.69 Å². The summed E-state index contributed by atoms with van der Waals surface area (Å²) in [4.78, 5) is 16.5. The summed E-state index contributed by atoms with van der Waals surface area (Å²) < 4.78 is 0. The Morgan fingerprint density at radius 3 is 2.44 bits per heavy atom. The molecule has 0 N–H and O–H groups in total. The molecular formula is C15H28N2O. The van der Waals surface area contributed by atoms with Crippen molar-refractivity contribution < 1.29 is 4.79 Å². The normalized spacial score (nSPS) is 39.7. The van der Waals surface area contributed by atoms with E-state index in [0.717, 1.165) is 44.9 Å². The van der Waals surface area contributed by atoms with Crippen molar-refractivity contribution in [1.82, 2.24) is 9.80 Å². The van der Waals surface area contributed by atoms with Crippen molar-refractivity contribution >= 4 is 6.29 Å². The second kappa shape index (κ2) is 5.70. The van der Waals surface area contributed by atoms with Crippen LogP contribution in [0, 0.1) is 11.3 Å². The number of carbonyl (C=O) groups excluding carboxylic acids is 1. The molecule has 1 atom stereocenters. The molecule has 104 valence electrons. The monoisotopic (exact) mass is 252 g/mol. The number of hydrogen-bond acceptors (Lipinski definition) is 3. The highest BCUT2D eigenvalue weighted by Crippen LogP contribution is 2.38. The Labute approximate surface area is 112 Å². The fourth-order valence-electron chi connectivity index (χ4n) is 3.36. The van der Waals surface area contributed by atoms with Gasteiger partial charge in [-0.15, -0.1) is 0 Å². The summed E-state index contributed by atoms with van der Waals surface area (Å²) in [5.74, 6) is 0.810. The molecule has 2 aliphatic rings. The molecule has 1 saturated carbocycles. The molecule has 2 fully saturated rings. The van der Waals surface area contributed by atoms with Crippen LogP contribution in [0.4, 0.5) is 0 Å². The van der Waals surface area contributed by atoms with E-state index in [-0.39, 0.29) is 5.41 Å². The van der Waals surface area contributed by atoms with Crippen molar-refractivity contribution in [1.29, 1.82) is 0 Å². The largest absolute Gasteiger partial charge is 0.303 e. The zero-order chi connectivity index (χ0) is 13.2. The summed E-state index contributed by atoms with van der Waals surface area (Å²) in [7, 11) is 2.19. The number of carbonyl (C=O) groups is 1. The van der Waals surface area contributed by atoms with E-state index in [4.69, 9.17) is 0 Å². The van der Waals surface area contributed by atoms with Crippen LogP contribution in [0.2, 0.25) is 0 Å². The Bertz CT molecular complexity index is 284. The highest BCUT2D eigenvalue weighted by atomic mass is 16.1. The van der Waals surface area contributed by atoms with Gasteiger partial charge in [0, 0.05) is 37.6 Å². The number of likely N-dealkylation sites (N-methyl/N-ethyl adjacent to an activating group) is 1. The summed E-state index contributed by atoms with van der Waals surface area (Å²) >= 11 is 0. The van der Waals surface area contributed by atoms with Gasteiger partial charge in [-0.05, 0) is 45.6 Å². The third-order valence-electron chi connectivity index (χ3n) is 5.10. The molecule has 3 nitrogen and oxygen atoms in total. The Morgan fingerprint density at radius 1 is 1.22 bits per heavy atom. The number of nitrogens with zero attached hydrogens (tertiary/aromatic N) is 2. The average Bonchev–Trinajstić information content (AvgIpc) is 2.37. The third-order valence-corrected chi connectivity index (χ3v) is 5.10. The average molecular weight is 252 g/mol. The highest BCUT2D eigenvalue weighted by molar-refractivity contribution is 5.60. The van der Waals surface area contributed by atoms with Crippen LogP contribution in [0.5, 0.6) is 0 Å². The standard InChI is InChI=1S/C15H28N2O/c1-13-4-6-15(12-18,7-5-13)11-17-9-8-16(3)14(2)10-17/h12-14H,4-11H2,1-3H3. The van der Waals surface area contributed by atoms with E-state index < -0.39 is 0 Å². The van der Waals surface area contributed by atoms with Gasteiger partial charge in [-0.25, -0.2) is 0 Å². The Morgan fingerprint density at radius 2 is 1.89 bits per heavy atom. The van der Waals surface area contributed by atoms with Crippen molar-refractivity contribution in [3.05, 3.63) is 0 Å². The lowest BCUT2D eigenvalue weighted by molar-refractivity contribution is -0.120. The molecule has 1 aliphatic heterocycles. The summed E-state index contributed by atoms with van der Waals surface area (Å²) in [6, 6.07) is 0.616. The topological polar surface area (TPSA) is 23.6 Å². The Kier molecular flexibility index (Phi) is 4.44. The van der Waals surface area contributed by atoms with Gasteiger partial charge in [-0.1, -0.05) is 6.92 Å². The maximum atomic E-state index is 11.6. The number of aldehydes is 1. The van der Waals surface area contributed by atoms with E-state index in [0.29, 0.717) is 6.04 Å². The molecule has 0 aromatic rings. The molecule has 0 bridgehead atoms. The van der Waals surface area contributed by atoms with Crippen LogP contribution in [0.3, 0.4) is 0 Å². The van der Waals surface area contributed by atoms with E-state index in [1.807, 2.05) is 0 Å². The molecule has 1 aliphatic carbocycles. The summed E-state index contributed by atoms with van der Waals surface area (Å²) in [5.41, 5.74) is -0.0395. The van der Waals surface area contributed by atoms with Crippen LogP contribution in [-0.2, 0) is 4.79 Å². The number of piperazine rings is 1. The number of hydrogen-bond donors (Lipinski definition) is 0. The van der Waals surface area contributed by atoms with Crippen molar-refractivity contribution in [2.75, 3.05) is 33.2 Å². The molecule has 0 amide bonds. The maximum absolute atomic E-state index is 11.6. The van der Waals surface area contributed by atoms with Crippen LogP contribution < -0.4 is 0 Å². The van der Waals surface area contributed by atoms with Crippen LogP contribution in [0.1, 0.15) is 39.5 Å². The van der Waals surface area contributed by atoms with Gasteiger partial charge >= 0.3 is 0 Å². The smallest absolute Gasteiger partial charge is 0.127 e. The minimum Gasteiger partial charge on any atom is -0.303 e. The molecule has 1 heterocycles. The molecule has 0 aromatic carbocycles. The first-order chi connectivity index (χ1) is 8.54. The highest BCUT2D eigenvalue weighted by Gasteiger charge is 2.36. The van der Waals surface area contributed by atoms with E-state index in [2.05, 4.69) is 30.7 Å². The quantitative estimate of drug-likeness (QED) is 0.718. The minimum absolute atomic E-state index is 0.0395. The zero-order valence-electron chi connectivity index (χ0n) is 12.2. The zero-order valence-corrected chi connectivity index (χ0v) is 12.2. The second-order valence-corrected chi connectivity index (χ2v) is 6.73. The summed E-state index contributed by atoms with van der Waals surface area (Å²) in [6.45, 7) is 8.94. The molecule has 3 heteroatoms. The molecule has 0 radical (unpaired) electrons. The first-order valence-electron chi connectivity index (χ1n) is 7.43. The van der Waals surface area contributed by atoms with Gasteiger partial charge in [0.1, 0.15) is 6.29 Å². The molecule has 18 heavy (non-hydrogen) atoms. The van der Waals surface area contributed by atoms with Crippen molar-refractivity contribution in [2.24, 2.45) is 11.3 Å². The maximum Gasteiger partial charge on any atom is 0.127 e. The number of rotatable bonds is 3. The van der Waals surface area contributed by atoms with E-state index in [1.54, 1.807) is 0 Å². The van der Waals surface area contributed by atoms with Crippen LogP contribution in [0.15, 0.2) is 0 Å². The Balaban J connectivity index is 1.92. The van der Waals surface area contributed by atoms with Crippen molar-refractivity contribution in [2.45, 2.75) is 45.6 Å². The predicted molar refractivity (Wildman–Crippen MR) is 74.7 cm³/mol. The lowest BCUT2D eigenvalue weighted by atomic mass is 9.71. The van der Waals surface area contributed by atoms with E-state index >= 15 is 0 Å². The fraction of sp³-hybridized carbons (Fsp3) is 0.933. The summed E-state index contributed by atoms with van der Waals surface area (Å²) in [6.07, 6.45) is 5.91. The Hall–Kier alpha value is -0.410. The van der Waals surface area contributed by atoms with Gasteiger partial charge in [0.05, 0.1) is 0 Å². The first kappa shape index (κ1) is 14.0. The predicted octanol–water partition coefficient (Wildman–Crippen LogP) is 2.02.